The van der Waals surface area contributed by atoms with E-state index in [4.69, 9.17) is 13.9 Å². The Balaban J connectivity index is 1.46. The summed E-state index contributed by atoms with van der Waals surface area (Å²) in [6, 6.07) is 16.9. The van der Waals surface area contributed by atoms with Gasteiger partial charge in [-0.2, -0.15) is 0 Å². The van der Waals surface area contributed by atoms with Crippen molar-refractivity contribution >= 4 is 17.0 Å². The molecule has 4 rings (SSSR count). The molecular formula is C25H24N2O4. The van der Waals surface area contributed by atoms with Crippen LogP contribution in [0.15, 0.2) is 59.0 Å². The van der Waals surface area contributed by atoms with Crippen molar-refractivity contribution in [1.82, 2.24) is 10.3 Å². The van der Waals surface area contributed by atoms with Gasteiger partial charge in [0, 0.05) is 18.2 Å². The Bertz CT molecular complexity index is 1200. The molecule has 0 saturated carbocycles. The topological polar surface area (TPSA) is 73.6 Å². The first-order chi connectivity index (χ1) is 15.0. The predicted octanol–water partition coefficient (Wildman–Crippen LogP) is 5.06. The molecule has 0 spiro atoms. The van der Waals surface area contributed by atoms with Gasteiger partial charge >= 0.3 is 0 Å². The highest BCUT2D eigenvalue weighted by molar-refractivity contribution is 5.97. The number of amides is 1. The third kappa shape index (κ3) is 4.23. The van der Waals surface area contributed by atoms with Gasteiger partial charge in [0.2, 0.25) is 5.89 Å². The second kappa shape index (κ2) is 8.52. The van der Waals surface area contributed by atoms with Crippen molar-refractivity contribution in [2.45, 2.75) is 20.4 Å². The summed E-state index contributed by atoms with van der Waals surface area (Å²) < 4.78 is 16.4. The minimum absolute atomic E-state index is 0.215. The molecule has 158 valence electrons. The van der Waals surface area contributed by atoms with Crippen LogP contribution in [-0.4, -0.2) is 25.1 Å². The molecule has 31 heavy (non-hydrogen) atoms. The van der Waals surface area contributed by atoms with Crippen molar-refractivity contribution in [1.29, 1.82) is 0 Å². The number of nitrogens with one attached hydrogen (secondary N) is 1. The fourth-order valence-corrected chi connectivity index (χ4v) is 3.33. The highest BCUT2D eigenvalue weighted by Crippen LogP contribution is 2.27. The number of ether oxygens (including phenoxy) is 2. The van der Waals surface area contributed by atoms with E-state index >= 15 is 0 Å². The van der Waals surface area contributed by atoms with Crippen LogP contribution in [0.25, 0.3) is 22.6 Å². The van der Waals surface area contributed by atoms with Crippen LogP contribution < -0.4 is 14.8 Å². The summed E-state index contributed by atoms with van der Waals surface area (Å²) in [6.07, 6.45) is 0. The molecule has 0 bridgehead atoms. The van der Waals surface area contributed by atoms with Gasteiger partial charge in [-0.05, 0) is 66.9 Å². The minimum atomic E-state index is -0.215. The lowest BCUT2D eigenvalue weighted by atomic mass is 10.1. The van der Waals surface area contributed by atoms with Gasteiger partial charge in [0.25, 0.3) is 5.91 Å². The number of fused-ring (bicyclic) bond motifs is 1. The van der Waals surface area contributed by atoms with Crippen LogP contribution >= 0.6 is 0 Å². The van der Waals surface area contributed by atoms with E-state index in [2.05, 4.69) is 24.1 Å². The van der Waals surface area contributed by atoms with Gasteiger partial charge < -0.3 is 19.2 Å². The number of benzene rings is 3. The number of oxazole rings is 1. The first kappa shape index (κ1) is 20.5. The molecule has 6 heteroatoms. The first-order valence-electron chi connectivity index (χ1n) is 9.96. The number of rotatable bonds is 6. The van der Waals surface area contributed by atoms with Crippen molar-refractivity contribution in [2.24, 2.45) is 0 Å². The molecule has 1 aromatic heterocycles. The Morgan fingerprint density at radius 2 is 1.71 bits per heavy atom. The number of nitrogens with zero attached hydrogens (tertiary/aromatic N) is 1. The molecule has 1 amide bonds. The van der Waals surface area contributed by atoms with E-state index in [1.54, 1.807) is 25.3 Å². The molecule has 3 aromatic carbocycles. The molecule has 0 atom stereocenters. The summed E-state index contributed by atoms with van der Waals surface area (Å²) in [5, 5.41) is 2.92. The molecule has 0 aliphatic carbocycles. The van der Waals surface area contributed by atoms with Gasteiger partial charge in [-0.1, -0.05) is 12.1 Å². The summed E-state index contributed by atoms with van der Waals surface area (Å²) in [5.41, 5.74) is 6.30. The standard InChI is InChI=1S/C25H24N2O4/c1-15-11-21-23(12-16(15)2)31-25(27-21)18-7-5-17(6-8-18)14-26-24(28)20-10-9-19(29-3)13-22(20)30-4/h5-13H,14H2,1-4H3,(H,26,28). The lowest BCUT2D eigenvalue weighted by Gasteiger charge is -2.11. The van der Waals surface area contributed by atoms with Crippen molar-refractivity contribution in [3.63, 3.8) is 0 Å². The number of aromatic nitrogens is 1. The molecular weight excluding hydrogens is 392 g/mol. The van der Waals surface area contributed by atoms with Gasteiger partial charge in [0.05, 0.1) is 19.8 Å². The molecule has 0 saturated heterocycles. The van der Waals surface area contributed by atoms with E-state index in [0.29, 0.717) is 29.5 Å². The molecule has 1 N–H and O–H groups in total. The maximum absolute atomic E-state index is 12.6. The number of carbonyl (C=O) groups is 1. The number of hydrogen-bond donors (Lipinski definition) is 1. The maximum Gasteiger partial charge on any atom is 0.255 e. The van der Waals surface area contributed by atoms with Gasteiger partial charge in [-0.3, -0.25) is 4.79 Å². The van der Waals surface area contributed by atoms with Crippen LogP contribution in [0.5, 0.6) is 11.5 Å². The number of aryl methyl sites for hydroxylation is 2. The Hall–Kier alpha value is -3.80. The third-order valence-corrected chi connectivity index (χ3v) is 5.31. The highest BCUT2D eigenvalue weighted by atomic mass is 16.5. The van der Waals surface area contributed by atoms with Gasteiger partial charge in [-0.15, -0.1) is 0 Å². The molecule has 0 radical (unpaired) electrons. The first-order valence-corrected chi connectivity index (χ1v) is 9.96. The number of hydrogen-bond acceptors (Lipinski definition) is 5. The van der Waals surface area contributed by atoms with Crippen LogP contribution in [0.1, 0.15) is 27.0 Å². The predicted molar refractivity (Wildman–Crippen MR) is 120 cm³/mol. The Labute approximate surface area is 180 Å². The second-order valence-corrected chi connectivity index (χ2v) is 7.37. The SMILES string of the molecule is COc1ccc(C(=O)NCc2ccc(-c3nc4cc(C)c(C)cc4o3)cc2)c(OC)c1. The van der Waals surface area contributed by atoms with E-state index < -0.39 is 0 Å². The zero-order valence-electron chi connectivity index (χ0n) is 18.0. The maximum atomic E-state index is 12.6. The summed E-state index contributed by atoms with van der Waals surface area (Å²) in [7, 11) is 3.10. The van der Waals surface area contributed by atoms with E-state index in [1.807, 2.05) is 36.4 Å². The fourth-order valence-electron chi connectivity index (χ4n) is 3.33. The molecule has 0 unspecified atom stereocenters. The Kier molecular flexibility index (Phi) is 5.62. The summed E-state index contributed by atoms with van der Waals surface area (Å²) in [5.74, 6) is 1.47. The lowest BCUT2D eigenvalue weighted by molar-refractivity contribution is 0.0948. The summed E-state index contributed by atoms with van der Waals surface area (Å²) in [6.45, 7) is 4.51. The van der Waals surface area contributed by atoms with Gasteiger partial charge in [-0.25, -0.2) is 4.98 Å². The largest absolute Gasteiger partial charge is 0.497 e. The smallest absolute Gasteiger partial charge is 0.255 e. The second-order valence-electron chi connectivity index (χ2n) is 7.37. The van der Waals surface area contributed by atoms with Crippen LogP contribution in [0.3, 0.4) is 0 Å². The normalized spacial score (nSPS) is 10.8. The van der Waals surface area contributed by atoms with E-state index in [1.165, 1.54) is 18.2 Å². The van der Waals surface area contributed by atoms with Crippen molar-refractivity contribution in [3.8, 4) is 23.0 Å². The van der Waals surface area contributed by atoms with E-state index in [0.717, 1.165) is 22.2 Å². The van der Waals surface area contributed by atoms with Gasteiger partial charge in [0.1, 0.15) is 17.0 Å². The average molecular weight is 416 g/mol. The molecule has 0 aliphatic rings. The zero-order valence-corrected chi connectivity index (χ0v) is 18.0. The lowest BCUT2D eigenvalue weighted by Crippen LogP contribution is -2.23. The molecule has 0 aliphatic heterocycles. The van der Waals surface area contributed by atoms with E-state index in [-0.39, 0.29) is 5.91 Å². The molecule has 6 nitrogen and oxygen atoms in total. The van der Waals surface area contributed by atoms with Crippen LogP contribution in [0.4, 0.5) is 0 Å². The summed E-state index contributed by atoms with van der Waals surface area (Å²) in [4.78, 5) is 17.2. The quantitative estimate of drug-likeness (QED) is 0.476. The van der Waals surface area contributed by atoms with Crippen molar-refractivity contribution < 1.29 is 18.7 Å². The molecule has 1 heterocycles. The average Bonchev–Trinajstić information content (AvgIpc) is 3.20. The van der Waals surface area contributed by atoms with Crippen LogP contribution in [0, 0.1) is 13.8 Å². The van der Waals surface area contributed by atoms with Crippen molar-refractivity contribution in [2.75, 3.05) is 14.2 Å². The van der Waals surface area contributed by atoms with E-state index in [9.17, 15) is 4.79 Å². The highest BCUT2D eigenvalue weighted by Gasteiger charge is 2.14. The number of carbonyl (C=O) groups excluding carboxylic acids is 1. The fraction of sp³-hybridized carbons (Fsp3) is 0.200. The van der Waals surface area contributed by atoms with Crippen LogP contribution in [0.2, 0.25) is 0 Å². The number of methoxy groups -OCH3 is 2. The van der Waals surface area contributed by atoms with Crippen molar-refractivity contribution in [3.05, 3.63) is 76.9 Å². The Morgan fingerprint density at radius 1 is 0.968 bits per heavy atom. The zero-order chi connectivity index (χ0) is 22.0. The third-order valence-electron chi connectivity index (χ3n) is 5.31. The van der Waals surface area contributed by atoms with Crippen LogP contribution in [-0.2, 0) is 6.54 Å². The minimum Gasteiger partial charge on any atom is -0.497 e. The Morgan fingerprint density at radius 3 is 2.42 bits per heavy atom. The monoisotopic (exact) mass is 416 g/mol. The molecule has 4 aromatic rings. The molecule has 0 fully saturated rings. The van der Waals surface area contributed by atoms with Gasteiger partial charge in [0.15, 0.2) is 5.58 Å². The summed E-state index contributed by atoms with van der Waals surface area (Å²) >= 11 is 0.